The van der Waals surface area contributed by atoms with Gasteiger partial charge in [0.1, 0.15) is 6.61 Å². The molecule has 0 unspecified atom stereocenters. The first-order valence-electron chi connectivity index (χ1n) is 4.41. The SMILES string of the molecule is COC(=O)C=CCOc1nccnc1C=O. The Morgan fingerprint density at radius 3 is 2.88 bits per heavy atom. The van der Waals surface area contributed by atoms with E-state index in [1.807, 2.05) is 0 Å². The van der Waals surface area contributed by atoms with E-state index >= 15 is 0 Å². The third-order valence-corrected chi connectivity index (χ3v) is 1.57. The van der Waals surface area contributed by atoms with E-state index in [-0.39, 0.29) is 18.2 Å². The smallest absolute Gasteiger partial charge is 0.330 e. The van der Waals surface area contributed by atoms with Crippen molar-refractivity contribution in [3.05, 3.63) is 30.2 Å². The van der Waals surface area contributed by atoms with Gasteiger partial charge in [0.05, 0.1) is 7.11 Å². The highest BCUT2D eigenvalue weighted by atomic mass is 16.5. The molecule has 1 rings (SSSR count). The Hall–Kier alpha value is -2.24. The maximum atomic E-state index is 10.7. The van der Waals surface area contributed by atoms with Crippen LogP contribution in [0.1, 0.15) is 10.5 Å². The highest BCUT2D eigenvalue weighted by molar-refractivity contribution is 5.81. The lowest BCUT2D eigenvalue weighted by molar-refractivity contribution is -0.134. The number of carbonyl (C=O) groups is 2. The molecule has 6 heteroatoms. The van der Waals surface area contributed by atoms with E-state index < -0.39 is 5.97 Å². The Labute approximate surface area is 91.9 Å². The van der Waals surface area contributed by atoms with Crippen LogP contribution in [0.15, 0.2) is 24.5 Å². The van der Waals surface area contributed by atoms with Gasteiger partial charge in [0.25, 0.3) is 0 Å². The standard InChI is InChI=1S/C10H10N2O4/c1-15-9(14)3-2-6-16-10-8(7-13)11-4-5-12-10/h2-5,7H,6H2,1H3. The zero-order valence-electron chi connectivity index (χ0n) is 8.62. The van der Waals surface area contributed by atoms with Crippen LogP contribution in [0.2, 0.25) is 0 Å². The quantitative estimate of drug-likeness (QED) is 0.407. The van der Waals surface area contributed by atoms with E-state index in [0.29, 0.717) is 6.29 Å². The summed E-state index contributed by atoms with van der Waals surface area (Å²) in [6, 6.07) is 0. The lowest BCUT2D eigenvalue weighted by Crippen LogP contribution is -2.02. The predicted octanol–water partition coefficient (Wildman–Crippen LogP) is 0.397. The monoisotopic (exact) mass is 222 g/mol. The van der Waals surface area contributed by atoms with Crippen molar-refractivity contribution in [2.45, 2.75) is 0 Å². The summed E-state index contributed by atoms with van der Waals surface area (Å²) in [7, 11) is 1.28. The summed E-state index contributed by atoms with van der Waals surface area (Å²) >= 11 is 0. The molecule has 1 heterocycles. The molecule has 0 saturated carbocycles. The van der Waals surface area contributed by atoms with E-state index in [1.165, 1.54) is 31.7 Å². The Balaban J connectivity index is 2.51. The van der Waals surface area contributed by atoms with Gasteiger partial charge < -0.3 is 9.47 Å². The fraction of sp³-hybridized carbons (Fsp3) is 0.200. The molecule has 0 fully saturated rings. The van der Waals surface area contributed by atoms with Crippen molar-refractivity contribution in [3.63, 3.8) is 0 Å². The van der Waals surface area contributed by atoms with Crippen molar-refractivity contribution in [1.29, 1.82) is 0 Å². The average Bonchev–Trinajstić information content (AvgIpc) is 2.34. The molecule has 0 aliphatic heterocycles. The van der Waals surface area contributed by atoms with E-state index in [4.69, 9.17) is 4.74 Å². The molecule has 6 nitrogen and oxygen atoms in total. The number of aldehydes is 1. The number of esters is 1. The lowest BCUT2D eigenvalue weighted by Gasteiger charge is -2.02. The molecule has 0 radical (unpaired) electrons. The number of rotatable bonds is 5. The fourth-order valence-electron chi connectivity index (χ4n) is 0.867. The highest BCUT2D eigenvalue weighted by Crippen LogP contribution is 2.07. The summed E-state index contributed by atoms with van der Waals surface area (Å²) in [6.45, 7) is 0.106. The Morgan fingerprint density at radius 1 is 1.44 bits per heavy atom. The first-order chi connectivity index (χ1) is 7.77. The number of aromatic nitrogens is 2. The van der Waals surface area contributed by atoms with Gasteiger partial charge >= 0.3 is 5.97 Å². The second-order valence-electron chi connectivity index (χ2n) is 2.60. The second kappa shape index (κ2) is 6.28. The van der Waals surface area contributed by atoms with Crippen LogP contribution < -0.4 is 4.74 Å². The molecule has 0 aliphatic rings. The van der Waals surface area contributed by atoms with Crippen molar-refractivity contribution < 1.29 is 19.1 Å². The Morgan fingerprint density at radius 2 is 2.19 bits per heavy atom. The zero-order valence-corrected chi connectivity index (χ0v) is 8.62. The normalized spacial score (nSPS) is 10.1. The minimum Gasteiger partial charge on any atom is -0.472 e. The maximum Gasteiger partial charge on any atom is 0.330 e. The number of hydrogen-bond acceptors (Lipinski definition) is 6. The van der Waals surface area contributed by atoms with Gasteiger partial charge in [-0.25, -0.2) is 14.8 Å². The number of methoxy groups -OCH3 is 1. The van der Waals surface area contributed by atoms with Gasteiger partial charge in [0, 0.05) is 18.5 Å². The number of hydrogen-bond donors (Lipinski definition) is 0. The van der Waals surface area contributed by atoms with Crippen molar-refractivity contribution >= 4 is 12.3 Å². The summed E-state index contributed by atoms with van der Waals surface area (Å²) < 4.78 is 9.51. The predicted molar refractivity (Wildman–Crippen MR) is 54.1 cm³/mol. The molecule has 0 N–H and O–H groups in total. The van der Waals surface area contributed by atoms with Crippen LogP contribution in [0.25, 0.3) is 0 Å². The second-order valence-corrected chi connectivity index (χ2v) is 2.60. The summed E-state index contributed by atoms with van der Waals surface area (Å²) in [5.74, 6) is -0.342. The van der Waals surface area contributed by atoms with Gasteiger partial charge in [-0.2, -0.15) is 0 Å². The molecule has 0 amide bonds. The van der Waals surface area contributed by atoms with Crippen molar-refractivity contribution in [1.82, 2.24) is 9.97 Å². The largest absolute Gasteiger partial charge is 0.472 e. The van der Waals surface area contributed by atoms with Crippen LogP contribution in [0.4, 0.5) is 0 Å². The van der Waals surface area contributed by atoms with Gasteiger partial charge in [-0.15, -0.1) is 0 Å². The molecule has 0 saturated heterocycles. The average molecular weight is 222 g/mol. The number of ether oxygens (including phenoxy) is 2. The van der Waals surface area contributed by atoms with Crippen molar-refractivity contribution in [2.24, 2.45) is 0 Å². The molecule has 0 aromatic carbocycles. The van der Waals surface area contributed by atoms with Gasteiger partial charge in [-0.3, -0.25) is 4.79 Å². The molecule has 0 atom stereocenters. The molecule has 1 aromatic rings. The van der Waals surface area contributed by atoms with E-state index in [9.17, 15) is 9.59 Å². The van der Waals surface area contributed by atoms with E-state index in [0.717, 1.165) is 0 Å². The third-order valence-electron chi connectivity index (χ3n) is 1.57. The van der Waals surface area contributed by atoms with Crippen LogP contribution in [0, 0.1) is 0 Å². The van der Waals surface area contributed by atoms with Crippen molar-refractivity contribution in [2.75, 3.05) is 13.7 Å². The van der Waals surface area contributed by atoms with Gasteiger partial charge in [-0.1, -0.05) is 0 Å². The lowest BCUT2D eigenvalue weighted by atomic mass is 10.4. The minimum atomic E-state index is -0.474. The number of carbonyl (C=O) groups excluding carboxylic acids is 2. The summed E-state index contributed by atoms with van der Waals surface area (Å²) in [6.07, 6.45) is 6.02. The first-order valence-corrected chi connectivity index (χ1v) is 4.41. The molecule has 0 bridgehead atoms. The molecule has 84 valence electrons. The van der Waals surface area contributed by atoms with Crippen LogP contribution in [-0.4, -0.2) is 35.9 Å². The molecule has 16 heavy (non-hydrogen) atoms. The molecule has 0 spiro atoms. The first kappa shape index (κ1) is 11.8. The van der Waals surface area contributed by atoms with Gasteiger partial charge in [0.2, 0.25) is 5.88 Å². The van der Waals surface area contributed by atoms with Crippen LogP contribution in [0.5, 0.6) is 5.88 Å². The minimum absolute atomic E-state index is 0.106. The molecule has 0 aliphatic carbocycles. The van der Waals surface area contributed by atoms with Crippen LogP contribution >= 0.6 is 0 Å². The fourth-order valence-corrected chi connectivity index (χ4v) is 0.867. The maximum absolute atomic E-state index is 10.7. The summed E-state index contributed by atoms with van der Waals surface area (Å²) in [5, 5.41) is 0. The Kier molecular flexibility index (Phi) is 4.65. The summed E-state index contributed by atoms with van der Waals surface area (Å²) in [4.78, 5) is 28.8. The highest BCUT2D eigenvalue weighted by Gasteiger charge is 2.03. The zero-order chi connectivity index (χ0) is 11.8. The van der Waals surface area contributed by atoms with Crippen LogP contribution in [0.3, 0.4) is 0 Å². The molecular formula is C10H10N2O4. The summed E-state index contributed by atoms with van der Waals surface area (Å²) in [5.41, 5.74) is 0.119. The molecule has 1 aromatic heterocycles. The third kappa shape index (κ3) is 3.49. The number of nitrogens with zero attached hydrogens (tertiary/aromatic N) is 2. The van der Waals surface area contributed by atoms with Crippen molar-refractivity contribution in [3.8, 4) is 5.88 Å². The van der Waals surface area contributed by atoms with Crippen LogP contribution in [-0.2, 0) is 9.53 Å². The Bertz CT molecular complexity index is 404. The topological polar surface area (TPSA) is 78.4 Å². The van der Waals surface area contributed by atoms with E-state index in [1.54, 1.807) is 0 Å². The molecular weight excluding hydrogens is 212 g/mol. The van der Waals surface area contributed by atoms with Gasteiger partial charge in [0.15, 0.2) is 12.0 Å². The van der Waals surface area contributed by atoms with Gasteiger partial charge in [-0.05, 0) is 6.08 Å². The van der Waals surface area contributed by atoms with E-state index in [2.05, 4.69) is 14.7 Å².